The molecule has 3 saturated heterocycles. The number of benzene rings is 4. The molecule has 1 amide bonds. The third-order valence-electron chi connectivity index (χ3n) is 9.91. The fourth-order valence-corrected chi connectivity index (χ4v) is 7.16. The molecule has 0 bridgehead atoms. The highest BCUT2D eigenvalue weighted by molar-refractivity contribution is 5.73. The van der Waals surface area contributed by atoms with Crippen molar-refractivity contribution in [3.8, 4) is 0 Å². The van der Waals surface area contributed by atoms with Gasteiger partial charge in [0.1, 0.15) is 48.8 Å². The molecule has 12 heteroatoms. The molecule has 0 aromatic heterocycles. The number of ether oxygens (including phenoxy) is 9. The highest BCUT2D eigenvalue weighted by Crippen LogP contribution is 2.36. The Labute approximate surface area is 321 Å². The summed E-state index contributed by atoms with van der Waals surface area (Å²) in [5, 5.41) is 14.5. The molecule has 2 N–H and O–H groups in total. The Hall–Kier alpha value is -4.05. The van der Waals surface area contributed by atoms with Gasteiger partial charge in [0, 0.05) is 19.6 Å². The minimum atomic E-state index is -1.18. The zero-order chi connectivity index (χ0) is 38.0. The third-order valence-corrected chi connectivity index (χ3v) is 9.91. The maximum absolute atomic E-state index is 12.5. The van der Waals surface area contributed by atoms with Crippen molar-refractivity contribution in [2.24, 2.45) is 0 Å². The van der Waals surface area contributed by atoms with E-state index in [1.54, 1.807) is 7.11 Å². The molecule has 0 radical (unpaired) electrons. The first kappa shape index (κ1) is 39.2. The molecule has 0 saturated carbocycles. The van der Waals surface area contributed by atoms with Crippen LogP contribution in [0.5, 0.6) is 0 Å². The van der Waals surface area contributed by atoms with Gasteiger partial charge in [-0.2, -0.15) is 0 Å². The van der Waals surface area contributed by atoms with Gasteiger partial charge in [0.2, 0.25) is 5.91 Å². The van der Waals surface area contributed by atoms with Crippen molar-refractivity contribution in [1.29, 1.82) is 0 Å². The van der Waals surface area contributed by atoms with Crippen LogP contribution in [-0.2, 0) is 67.2 Å². The van der Waals surface area contributed by atoms with E-state index in [-0.39, 0.29) is 38.9 Å². The van der Waals surface area contributed by atoms with Crippen molar-refractivity contribution < 1.29 is 52.5 Å². The van der Waals surface area contributed by atoms with Gasteiger partial charge in [-0.05, 0) is 16.7 Å². The van der Waals surface area contributed by atoms with Gasteiger partial charge < -0.3 is 53.1 Å². The van der Waals surface area contributed by atoms with E-state index in [1.165, 1.54) is 6.92 Å². The maximum Gasteiger partial charge on any atom is 0.217 e. The van der Waals surface area contributed by atoms with Gasteiger partial charge in [0.15, 0.2) is 18.9 Å². The van der Waals surface area contributed by atoms with Crippen molar-refractivity contribution in [2.45, 2.75) is 94.4 Å². The van der Waals surface area contributed by atoms with Crippen molar-refractivity contribution in [3.63, 3.8) is 0 Å². The standard InChI is InChI=1S/C43H49NO11/c1-28(45)44-35-36(46)37-33(26-51-41(55-37)32-21-13-6-14-22-32)53-42(35)52-27-34-38(48-23-29-15-7-3-8-16-29)39(49-24-30-17-9-4-10-18-30)40(43(47-2)54-34)50-25-31-19-11-5-12-20-31/h3-22,33-43,46H,23-27H2,1-2H3,(H,44,45)/t33-,34-,35+,36-,37-,38-,39+,40-,41?,42+,43+/m1/s1. The Morgan fingerprint density at radius 2 is 1.20 bits per heavy atom. The molecule has 11 atom stereocenters. The fourth-order valence-electron chi connectivity index (χ4n) is 7.16. The SMILES string of the molecule is CO[C@H]1O[C@H](CO[C@H]2O[C@@H]3COC(c4ccccc4)O[C@H]3[C@H](O)[C@@H]2NC(C)=O)[C@@H](OCc2ccccc2)[C@H](OCc2ccccc2)[C@H]1OCc1ccccc1. The Kier molecular flexibility index (Phi) is 13.7. The van der Waals surface area contributed by atoms with Crippen LogP contribution in [0.3, 0.4) is 0 Å². The minimum absolute atomic E-state index is 0.0743. The predicted molar refractivity (Wildman–Crippen MR) is 199 cm³/mol. The molecule has 4 aromatic rings. The zero-order valence-electron chi connectivity index (χ0n) is 31.0. The number of carbonyl (C=O) groups excluding carboxylic acids is 1. The average Bonchev–Trinajstić information content (AvgIpc) is 3.23. The van der Waals surface area contributed by atoms with E-state index in [2.05, 4.69) is 5.32 Å². The first-order chi connectivity index (χ1) is 27.0. The van der Waals surface area contributed by atoms with Gasteiger partial charge in [-0.15, -0.1) is 0 Å². The lowest BCUT2D eigenvalue weighted by Crippen LogP contribution is -2.67. The number of carbonyl (C=O) groups is 1. The summed E-state index contributed by atoms with van der Waals surface area (Å²) in [4.78, 5) is 12.5. The van der Waals surface area contributed by atoms with Crippen LogP contribution in [0.4, 0.5) is 0 Å². The number of amides is 1. The van der Waals surface area contributed by atoms with E-state index >= 15 is 0 Å². The number of fused-ring (bicyclic) bond motifs is 1. The topological polar surface area (TPSA) is 132 Å². The third kappa shape index (κ3) is 10.0. The Balaban J connectivity index is 1.13. The maximum atomic E-state index is 12.5. The fraction of sp³-hybridized carbons (Fsp3) is 0.419. The second-order valence-corrected chi connectivity index (χ2v) is 13.8. The van der Waals surface area contributed by atoms with Gasteiger partial charge in [-0.3, -0.25) is 4.79 Å². The van der Waals surface area contributed by atoms with Crippen LogP contribution in [-0.4, -0.2) is 92.7 Å². The summed E-state index contributed by atoms with van der Waals surface area (Å²) < 4.78 is 57.5. The van der Waals surface area contributed by atoms with E-state index in [0.717, 1.165) is 22.3 Å². The van der Waals surface area contributed by atoms with Gasteiger partial charge in [-0.1, -0.05) is 121 Å². The van der Waals surface area contributed by atoms with Crippen LogP contribution in [0.2, 0.25) is 0 Å². The molecule has 3 aliphatic heterocycles. The molecular weight excluding hydrogens is 706 g/mol. The number of hydrogen-bond donors (Lipinski definition) is 2. The van der Waals surface area contributed by atoms with E-state index in [4.69, 9.17) is 42.6 Å². The first-order valence-electron chi connectivity index (χ1n) is 18.7. The molecule has 3 fully saturated rings. The summed E-state index contributed by atoms with van der Waals surface area (Å²) in [6, 6.07) is 38.0. The number of hydrogen-bond acceptors (Lipinski definition) is 11. The Morgan fingerprint density at radius 1 is 0.673 bits per heavy atom. The molecule has 4 aromatic carbocycles. The normalized spacial score (nSPS) is 30.6. The minimum Gasteiger partial charge on any atom is -0.388 e. The van der Waals surface area contributed by atoms with E-state index in [9.17, 15) is 9.90 Å². The van der Waals surface area contributed by atoms with Crippen LogP contribution in [0.1, 0.15) is 35.5 Å². The van der Waals surface area contributed by atoms with Crippen LogP contribution < -0.4 is 5.32 Å². The van der Waals surface area contributed by atoms with Crippen molar-refractivity contribution in [2.75, 3.05) is 20.3 Å². The molecule has 292 valence electrons. The second kappa shape index (κ2) is 19.2. The molecule has 12 nitrogen and oxygen atoms in total. The van der Waals surface area contributed by atoms with Crippen LogP contribution in [0, 0.1) is 0 Å². The number of aliphatic hydroxyl groups is 1. The van der Waals surface area contributed by atoms with Gasteiger partial charge in [0.05, 0.1) is 33.0 Å². The molecule has 0 spiro atoms. The number of nitrogens with one attached hydrogen (secondary N) is 1. The lowest BCUT2D eigenvalue weighted by Gasteiger charge is -2.49. The summed E-state index contributed by atoms with van der Waals surface area (Å²) in [7, 11) is 1.56. The summed E-state index contributed by atoms with van der Waals surface area (Å²) in [5.74, 6) is -0.364. The van der Waals surface area contributed by atoms with Crippen LogP contribution in [0.15, 0.2) is 121 Å². The number of rotatable bonds is 15. The van der Waals surface area contributed by atoms with Crippen molar-refractivity contribution in [1.82, 2.24) is 5.32 Å². The molecular formula is C43H49NO11. The monoisotopic (exact) mass is 755 g/mol. The smallest absolute Gasteiger partial charge is 0.217 e. The second-order valence-electron chi connectivity index (χ2n) is 13.8. The first-order valence-corrected chi connectivity index (χ1v) is 18.7. The highest BCUT2D eigenvalue weighted by atomic mass is 16.8. The van der Waals surface area contributed by atoms with Gasteiger partial charge in [0.25, 0.3) is 0 Å². The highest BCUT2D eigenvalue weighted by Gasteiger charge is 2.52. The largest absolute Gasteiger partial charge is 0.388 e. The number of methoxy groups -OCH3 is 1. The molecule has 3 heterocycles. The van der Waals surface area contributed by atoms with Crippen molar-refractivity contribution >= 4 is 5.91 Å². The molecule has 55 heavy (non-hydrogen) atoms. The Morgan fingerprint density at radius 3 is 1.75 bits per heavy atom. The molecule has 3 aliphatic rings. The summed E-state index contributed by atoms with van der Waals surface area (Å²) >= 11 is 0. The Bertz CT molecular complexity index is 1740. The zero-order valence-corrected chi connectivity index (χ0v) is 31.0. The summed E-state index contributed by atoms with van der Waals surface area (Å²) in [6.07, 6.45) is -8.15. The average molecular weight is 756 g/mol. The summed E-state index contributed by atoms with van der Waals surface area (Å²) in [6.45, 7) is 2.26. The van der Waals surface area contributed by atoms with E-state index in [0.29, 0.717) is 0 Å². The van der Waals surface area contributed by atoms with Crippen molar-refractivity contribution in [3.05, 3.63) is 144 Å². The molecule has 7 rings (SSSR count). The number of aliphatic hydroxyl groups excluding tert-OH is 1. The predicted octanol–water partition coefficient (Wildman–Crippen LogP) is 4.84. The van der Waals surface area contributed by atoms with Crippen LogP contribution >= 0.6 is 0 Å². The van der Waals surface area contributed by atoms with Gasteiger partial charge >= 0.3 is 0 Å². The lowest BCUT2D eigenvalue weighted by atomic mass is 9.95. The quantitative estimate of drug-likeness (QED) is 0.173. The van der Waals surface area contributed by atoms with Crippen LogP contribution in [0.25, 0.3) is 0 Å². The molecule has 0 aliphatic carbocycles. The summed E-state index contributed by atoms with van der Waals surface area (Å²) in [5.41, 5.74) is 3.72. The van der Waals surface area contributed by atoms with E-state index in [1.807, 2.05) is 121 Å². The van der Waals surface area contributed by atoms with Gasteiger partial charge in [-0.25, -0.2) is 0 Å². The lowest BCUT2D eigenvalue weighted by molar-refractivity contribution is -0.356. The molecule has 1 unspecified atom stereocenters. The van der Waals surface area contributed by atoms with E-state index < -0.39 is 67.6 Å².